The van der Waals surface area contributed by atoms with Crippen LogP contribution in [0.25, 0.3) is 33.2 Å². The Bertz CT molecular complexity index is 1950. The van der Waals surface area contributed by atoms with E-state index in [1.165, 1.54) is 28.8 Å². The fraction of sp³-hybridized carbons (Fsp3) is 0.189. The Morgan fingerprint density at radius 1 is 0.810 bits per heavy atom. The summed E-state index contributed by atoms with van der Waals surface area (Å²) in [5.41, 5.74) is 10.9. The average molecular weight is 728 g/mol. The minimum atomic E-state index is 0. The largest absolute Gasteiger partial charge is 0.516 e. The van der Waals surface area contributed by atoms with E-state index in [-0.39, 0.29) is 20.1 Å². The molecule has 0 unspecified atom stereocenters. The number of rotatable bonds is 5. The molecule has 0 saturated carbocycles. The van der Waals surface area contributed by atoms with E-state index in [2.05, 4.69) is 115 Å². The second-order valence-electron chi connectivity index (χ2n) is 10.6. The molecule has 1 aliphatic heterocycles. The second kappa shape index (κ2) is 12.8. The molecule has 7 rings (SSSR count). The smallest absolute Gasteiger partial charge is 0.494 e. The van der Waals surface area contributed by atoms with Crippen LogP contribution in [0.15, 0.2) is 95.5 Å². The van der Waals surface area contributed by atoms with Gasteiger partial charge in [-0.2, -0.15) is 0 Å². The first kappa shape index (κ1) is 29.4. The summed E-state index contributed by atoms with van der Waals surface area (Å²) in [6.07, 6.45) is 4.22. The van der Waals surface area contributed by atoms with E-state index in [1.807, 2.05) is 36.5 Å². The molecule has 5 heteroatoms. The number of pyridine rings is 1. The zero-order valence-corrected chi connectivity index (χ0v) is 26.8. The van der Waals surface area contributed by atoms with Crippen LogP contribution in [0.4, 0.5) is 17.1 Å². The van der Waals surface area contributed by atoms with Gasteiger partial charge in [-0.05, 0) is 31.2 Å². The molecule has 4 aromatic carbocycles. The molecule has 0 amide bonds. The summed E-state index contributed by atoms with van der Waals surface area (Å²) < 4.78 is 10.2. The van der Waals surface area contributed by atoms with Gasteiger partial charge in [0.15, 0.2) is 6.54 Å². The van der Waals surface area contributed by atoms with Crippen molar-refractivity contribution in [2.45, 2.75) is 40.5 Å². The molecule has 1 radical (unpaired) electrons. The maximum Gasteiger partial charge on any atom is 0.494 e. The summed E-state index contributed by atoms with van der Waals surface area (Å²) in [5.74, 6) is 0. The van der Waals surface area contributed by atoms with Crippen molar-refractivity contribution in [1.29, 1.82) is 0 Å². The SMILES string of the molecule is CCCC[N+]1=C=[N+](c2[c-]cc3oc4ccccc4c3c2)c2ccccc21.Cc1c[c-]c(-c2cc(C)c(C)cn2)cc1.[Ir]. The third-order valence-corrected chi connectivity index (χ3v) is 7.52. The first-order valence-corrected chi connectivity index (χ1v) is 14.2. The number of nitrogens with zero attached hydrogens (tertiary/aromatic N) is 3. The van der Waals surface area contributed by atoms with Crippen molar-refractivity contribution in [3.8, 4) is 11.3 Å². The number of aryl methyl sites for hydroxylation is 3. The molecule has 0 saturated heterocycles. The van der Waals surface area contributed by atoms with Crippen LogP contribution in [0.2, 0.25) is 0 Å². The van der Waals surface area contributed by atoms with Gasteiger partial charge in [-0.25, -0.2) is 0 Å². The molecule has 0 N–H and O–H groups in total. The van der Waals surface area contributed by atoms with Crippen LogP contribution in [0.3, 0.4) is 0 Å². The fourth-order valence-electron chi connectivity index (χ4n) is 5.00. The van der Waals surface area contributed by atoms with Crippen molar-refractivity contribution in [1.82, 2.24) is 9.56 Å². The molecular formula is C37H33IrN3O. The van der Waals surface area contributed by atoms with E-state index >= 15 is 0 Å². The number of aromatic nitrogens is 1. The van der Waals surface area contributed by atoms with Gasteiger partial charge in [-0.15, -0.1) is 47.5 Å². The molecule has 6 aromatic rings. The Morgan fingerprint density at radius 2 is 1.60 bits per heavy atom. The Kier molecular flexibility index (Phi) is 8.94. The van der Waals surface area contributed by atoms with Gasteiger partial charge in [0.2, 0.25) is 0 Å². The van der Waals surface area contributed by atoms with Crippen molar-refractivity contribution < 1.29 is 29.1 Å². The number of furan rings is 1. The molecule has 0 bridgehead atoms. The van der Waals surface area contributed by atoms with Crippen LogP contribution in [-0.4, -0.2) is 22.1 Å². The first-order valence-electron chi connectivity index (χ1n) is 14.2. The van der Waals surface area contributed by atoms with Crippen LogP contribution in [0.1, 0.15) is 36.5 Å². The first-order chi connectivity index (χ1) is 20.0. The van der Waals surface area contributed by atoms with Gasteiger partial charge in [-0.3, -0.25) is 0 Å². The monoisotopic (exact) mass is 728 g/mol. The average Bonchev–Trinajstić information content (AvgIpc) is 3.56. The van der Waals surface area contributed by atoms with Gasteiger partial charge >= 0.3 is 6.01 Å². The summed E-state index contributed by atoms with van der Waals surface area (Å²) in [6.45, 7) is 9.43. The van der Waals surface area contributed by atoms with Crippen LogP contribution in [-0.2, 0) is 20.1 Å². The molecule has 2 aromatic heterocycles. The van der Waals surface area contributed by atoms with Crippen molar-refractivity contribution in [3.63, 3.8) is 0 Å². The number of para-hydroxylation sites is 3. The van der Waals surface area contributed by atoms with E-state index in [0.717, 1.165) is 57.5 Å². The molecular weight excluding hydrogens is 695 g/mol. The number of hydrogen-bond acceptors (Lipinski definition) is 2. The van der Waals surface area contributed by atoms with Gasteiger partial charge in [0.25, 0.3) is 11.4 Å². The third kappa shape index (κ3) is 5.91. The summed E-state index contributed by atoms with van der Waals surface area (Å²) >= 11 is 0. The number of unbranched alkanes of at least 4 members (excludes halogenated alkanes) is 1. The maximum atomic E-state index is 5.93. The molecule has 211 valence electrons. The molecule has 0 atom stereocenters. The number of hydrogen-bond donors (Lipinski definition) is 0. The Labute approximate surface area is 261 Å². The fourth-order valence-corrected chi connectivity index (χ4v) is 5.00. The van der Waals surface area contributed by atoms with E-state index in [1.54, 1.807) is 0 Å². The predicted octanol–water partition coefficient (Wildman–Crippen LogP) is 9.32. The molecule has 0 spiro atoms. The maximum absolute atomic E-state index is 5.93. The number of benzene rings is 4. The van der Waals surface area contributed by atoms with Crippen molar-refractivity contribution >= 4 is 45.0 Å². The van der Waals surface area contributed by atoms with E-state index in [9.17, 15) is 0 Å². The van der Waals surface area contributed by atoms with E-state index < -0.39 is 0 Å². The normalized spacial score (nSPS) is 11.8. The minimum Gasteiger partial charge on any atom is -0.516 e. The molecule has 42 heavy (non-hydrogen) atoms. The quantitative estimate of drug-likeness (QED) is 0.131. The van der Waals surface area contributed by atoms with Crippen LogP contribution in [0.5, 0.6) is 0 Å². The van der Waals surface area contributed by atoms with Gasteiger partial charge < -0.3 is 9.40 Å². The van der Waals surface area contributed by atoms with Crippen molar-refractivity contribution in [3.05, 3.63) is 120 Å². The molecule has 1 aliphatic rings. The summed E-state index contributed by atoms with van der Waals surface area (Å²) in [4.78, 5) is 4.41. The zero-order valence-electron chi connectivity index (χ0n) is 24.4. The predicted molar refractivity (Wildman–Crippen MR) is 168 cm³/mol. The molecule has 0 fully saturated rings. The van der Waals surface area contributed by atoms with E-state index in [0.29, 0.717) is 0 Å². The van der Waals surface area contributed by atoms with Crippen LogP contribution >= 0.6 is 0 Å². The molecule has 3 heterocycles. The summed E-state index contributed by atoms with van der Waals surface area (Å²) in [7, 11) is 0. The number of fused-ring (bicyclic) bond motifs is 4. The van der Waals surface area contributed by atoms with Gasteiger partial charge in [0.05, 0.1) is 0 Å². The Hall–Kier alpha value is -4.14. The minimum absolute atomic E-state index is 0. The second-order valence-corrected chi connectivity index (χ2v) is 10.6. The van der Waals surface area contributed by atoms with Crippen molar-refractivity contribution in [2.75, 3.05) is 6.54 Å². The Morgan fingerprint density at radius 3 is 2.36 bits per heavy atom. The Balaban J connectivity index is 0.000000189. The van der Waals surface area contributed by atoms with Gasteiger partial charge in [-0.1, -0.05) is 82.8 Å². The topological polar surface area (TPSA) is 32.0 Å². The summed E-state index contributed by atoms with van der Waals surface area (Å²) in [6, 6.07) is 39.1. The van der Waals surface area contributed by atoms with Crippen LogP contribution < -0.4 is 4.58 Å². The van der Waals surface area contributed by atoms with Crippen LogP contribution in [0, 0.1) is 32.9 Å². The van der Waals surface area contributed by atoms with E-state index in [4.69, 9.17) is 4.42 Å². The summed E-state index contributed by atoms with van der Waals surface area (Å²) in [5, 5.41) is 2.24. The third-order valence-electron chi connectivity index (χ3n) is 7.52. The molecule has 4 nitrogen and oxygen atoms in total. The molecule has 0 aliphatic carbocycles. The van der Waals surface area contributed by atoms with Gasteiger partial charge in [0, 0.05) is 55.8 Å². The van der Waals surface area contributed by atoms with Gasteiger partial charge in [0.1, 0.15) is 11.3 Å². The standard InChI is InChI=1S/C23H19N2O.C14H14N.Ir/c1-2-3-14-24-16-25(21-10-6-5-9-20(21)24)17-12-13-23-19(15-17)18-8-4-7-11-22(18)26-23;1-10-4-6-13(7-5-10)14-8-11(2)12(3)9-15-14;/h4-11,13,15H,2-3,14H2,1H3;4-6,8-9H,1-3H3;/q+1;-1;. The van der Waals surface area contributed by atoms with Crippen molar-refractivity contribution in [2.24, 2.45) is 0 Å². The zero-order chi connectivity index (χ0) is 28.3.